The number of benzene rings is 2. The van der Waals surface area contributed by atoms with Crippen molar-refractivity contribution >= 4 is 54.8 Å². The third-order valence-corrected chi connectivity index (χ3v) is 7.48. The number of nitro benzene ring substituents is 1. The molecular formula is C21H14N6O4S3. The Bertz CT molecular complexity index is 1490. The van der Waals surface area contributed by atoms with Crippen LogP contribution in [-0.2, 0) is 10.0 Å². The summed E-state index contributed by atoms with van der Waals surface area (Å²) >= 11 is 2.44. The molecule has 34 heavy (non-hydrogen) atoms. The third kappa shape index (κ3) is 5.26. The van der Waals surface area contributed by atoms with E-state index < -0.39 is 14.9 Å². The summed E-state index contributed by atoms with van der Waals surface area (Å²) in [5.41, 5.74) is 2.13. The first-order valence-corrected chi connectivity index (χ1v) is 12.7. The lowest BCUT2D eigenvalue weighted by atomic mass is 10.1. The standard InChI is InChI=1S/C21H14N6O4S3/c22-11-15(20-25-19(13-33-20)14-1-5-17(6-2-14)27(28)29)12-24-16-3-7-18(8-4-16)34(30,31)26-21-23-9-10-32-21/h1-10,12-13,24H,(H,23,26)/b15-12+. The van der Waals surface area contributed by atoms with Gasteiger partial charge >= 0.3 is 0 Å². The van der Waals surface area contributed by atoms with Crippen molar-refractivity contribution in [1.82, 2.24) is 9.97 Å². The number of hydrogen-bond acceptors (Lipinski definition) is 10. The average Bonchev–Trinajstić information content (AvgIpc) is 3.52. The third-order valence-electron chi connectivity index (χ3n) is 4.43. The molecule has 0 aliphatic rings. The van der Waals surface area contributed by atoms with Crippen LogP contribution in [0.2, 0.25) is 0 Å². The summed E-state index contributed by atoms with van der Waals surface area (Å²) in [5.74, 6) is 0. The predicted octanol–water partition coefficient (Wildman–Crippen LogP) is 4.95. The normalized spacial score (nSPS) is 11.6. The van der Waals surface area contributed by atoms with Gasteiger partial charge in [0.1, 0.15) is 16.6 Å². The Morgan fingerprint density at radius 1 is 1.12 bits per heavy atom. The quantitative estimate of drug-likeness (QED) is 0.192. The second-order valence-corrected chi connectivity index (χ2v) is 10.1. The van der Waals surface area contributed by atoms with Gasteiger partial charge in [-0.2, -0.15) is 5.26 Å². The number of nitro groups is 1. The number of aromatic nitrogens is 2. The van der Waals surface area contributed by atoms with Crippen LogP contribution in [0.25, 0.3) is 16.8 Å². The van der Waals surface area contributed by atoms with Gasteiger partial charge in [-0.25, -0.2) is 18.4 Å². The molecule has 2 heterocycles. The first-order chi connectivity index (χ1) is 16.4. The van der Waals surface area contributed by atoms with E-state index in [2.05, 4.69) is 26.1 Å². The summed E-state index contributed by atoms with van der Waals surface area (Å²) in [6, 6.07) is 14.1. The molecule has 2 aromatic carbocycles. The van der Waals surface area contributed by atoms with Crippen LogP contribution in [0.15, 0.2) is 76.6 Å². The number of hydrogen-bond donors (Lipinski definition) is 2. The topological polar surface area (TPSA) is 151 Å². The molecule has 0 bridgehead atoms. The minimum absolute atomic E-state index is 0.0150. The lowest BCUT2D eigenvalue weighted by Crippen LogP contribution is -2.12. The summed E-state index contributed by atoms with van der Waals surface area (Å²) in [5, 5.41) is 27.5. The highest BCUT2D eigenvalue weighted by atomic mass is 32.2. The van der Waals surface area contributed by atoms with E-state index in [9.17, 15) is 23.8 Å². The van der Waals surface area contributed by atoms with Crippen LogP contribution in [0.3, 0.4) is 0 Å². The number of nitrogens with one attached hydrogen (secondary N) is 2. The highest BCUT2D eigenvalue weighted by Crippen LogP contribution is 2.27. The van der Waals surface area contributed by atoms with Crippen LogP contribution in [0.4, 0.5) is 16.5 Å². The van der Waals surface area contributed by atoms with E-state index in [-0.39, 0.29) is 21.3 Å². The zero-order valence-corrected chi connectivity index (χ0v) is 19.5. The Balaban J connectivity index is 1.46. The zero-order valence-electron chi connectivity index (χ0n) is 17.1. The van der Waals surface area contributed by atoms with Crippen molar-refractivity contribution < 1.29 is 13.3 Å². The number of sulfonamides is 1. The maximum atomic E-state index is 12.4. The highest BCUT2D eigenvalue weighted by molar-refractivity contribution is 7.93. The number of anilines is 2. The SMILES string of the molecule is N#C/C(=C\Nc1ccc(S(=O)(=O)Nc2nccs2)cc1)c1nc(-c2ccc([N+](=O)[O-])cc2)cs1. The molecule has 4 aromatic rings. The summed E-state index contributed by atoms with van der Waals surface area (Å²) in [6.07, 6.45) is 2.99. The van der Waals surface area contributed by atoms with Crippen LogP contribution in [0.1, 0.15) is 5.01 Å². The van der Waals surface area contributed by atoms with Crippen molar-refractivity contribution in [3.8, 4) is 17.3 Å². The van der Waals surface area contributed by atoms with Gasteiger partial charge in [0.05, 0.1) is 15.5 Å². The number of nitriles is 1. The lowest BCUT2D eigenvalue weighted by molar-refractivity contribution is -0.384. The minimum atomic E-state index is -3.75. The molecule has 0 aliphatic heterocycles. The van der Waals surface area contributed by atoms with Crippen LogP contribution in [0, 0.1) is 21.4 Å². The van der Waals surface area contributed by atoms with E-state index in [1.165, 1.54) is 59.3 Å². The van der Waals surface area contributed by atoms with E-state index in [4.69, 9.17) is 0 Å². The zero-order chi connectivity index (χ0) is 24.1. The van der Waals surface area contributed by atoms with Crippen LogP contribution in [-0.4, -0.2) is 23.3 Å². The van der Waals surface area contributed by atoms with E-state index in [1.807, 2.05) is 0 Å². The van der Waals surface area contributed by atoms with E-state index in [1.54, 1.807) is 35.0 Å². The number of nitrogens with zero attached hydrogens (tertiary/aromatic N) is 4. The van der Waals surface area contributed by atoms with Gasteiger partial charge in [-0.1, -0.05) is 0 Å². The molecule has 0 aliphatic carbocycles. The second kappa shape index (κ2) is 9.79. The molecule has 0 spiro atoms. The Labute approximate surface area is 202 Å². The van der Waals surface area contributed by atoms with Gasteiger partial charge in [0.2, 0.25) is 0 Å². The maximum absolute atomic E-state index is 12.4. The lowest BCUT2D eigenvalue weighted by Gasteiger charge is -2.06. The first-order valence-electron chi connectivity index (χ1n) is 9.45. The summed E-state index contributed by atoms with van der Waals surface area (Å²) < 4.78 is 27.2. The van der Waals surface area contributed by atoms with Gasteiger partial charge < -0.3 is 5.32 Å². The highest BCUT2D eigenvalue weighted by Gasteiger charge is 2.15. The van der Waals surface area contributed by atoms with Crippen molar-refractivity contribution in [2.45, 2.75) is 4.90 Å². The summed E-state index contributed by atoms with van der Waals surface area (Å²) in [4.78, 5) is 18.8. The number of thiazole rings is 2. The van der Waals surface area contributed by atoms with Gasteiger partial charge in [0, 0.05) is 46.5 Å². The van der Waals surface area contributed by atoms with Crippen LogP contribution >= 0.6 is 22.7 Å². The maximum Gasteiger partial charge on any atom is 0.269 e. The molecule has 170 valence electrons. The molecule has 0 radical (unpaired) electrons. The van der Waals surface area contributed by atoms with Crippen molar-refractivity contribution in [3.05, 3.63) is 86.8 Å². The molecule has 0 amide bonds. The Morgan fingerprint density at radius 3 is 2.47 bits per heavy atom. The Hall–Kier alpha value is -4.12. The molecule has 13 heteroatoms. The molecule has 0 unspecified atom stereocenters. The molecular weight excluding hydrogens is 496 g/mol. The fourth-order valence-electron chi connectivity index (χ4n) is 2.76. The molecule has 2 N–H and O–H groups in total. The summed E-state index contributed by atoms with van der Waals surface area (Å²) in [7, 11) is -3.75. The monoisotopic (exact) mass is 510 g/mol. The second-order valence-electron chi connectivity index (χ2n) is 6.62. The Morgan fingerprint density at radius 2 is 1.85 bits per heavy atom. The molecule has 0 fully saturated rings. The summed E-state index contributed by atoms with van der Waals surface area (Å²) in [6.45, 7) is 0. The number of allylic oxidation sites excluding steroid dienone is 1. The van der Waals surface area contributed by atoms with Crippen molar-refractivity contribution in [3.63, 3.8) is 0 Å². The van der Waals surface area contributed by atoms with Crippen molar-refractivity contribution in [1.29, 1.82) is 5.26 Å². The van der Waals surface area contributed by atoms with Gasteiger partial charge in [0.15, 0.2) is 5.13 Å². The smallest absolute Gasteiger partial charge is 0.269 e. The van der Waals surface area contributed by atoms with Crippen LogP contribution < -0.4 is 10.0 Å². The van der Waals surface area contributed by atoms with Gasteiger partial charge in [-0.05, 0) is 36.4 Å². The number of rotatable bonds is 8. The molecule has 10 nitrogen and oxygen atoms in total. The van der Waals surface area contributed by atoms with Crippen molar-refractivity contribution in [2.75, 3.05) is 10.0 Å². The fourth-order valence-corrected chi connectivity index (χ4v) is 5.34. The molecule has 2 aromatic heterocycles. The average molecular weight is 511 g/mol. The largest absolute Gasteiger partial charge is 0.360 e. The molecule has 0 atom stereocenters. The Kier molecular flexibility index (Phi) is 6.64. The van der Waals surface area contributed by atoms with E-state index >= 15 is 0 Å². The van der Waals surface area contributed by atoms with Gasteiger partial charge in [0.25, 0.3) is 15.7 Å². The van der Waals surface area contributed by atoms with Gasteiger partial charge in [-0.15, -0.1) is 22.7 Å². The minimum Gasteiger partial charge on any atom is -0.360 e. The molecule has 0 saturated carbocycles. The van der Waals surface area contributed by atoms with Crippen molar-refractivity contribution in [2.24, 2.45) is 0 Å². The van der Waals surface area contributed by atoms with E-state index in [0.717, 1.165) is 0 Å². The van der Waals surface area contributed by atoms with Crippen LogP contribution in [0.5, 0.6) is 0 Å². The number of non-ortho nitro benzene ring substituents is 1. The van der Waals surface area contributed by atoms with E-state index in [0.29, 0.717) is 22.0 Å². The predicted molar refractivity (Wildman–Crippen MR) is 131 cm³/mol. The van der Waals surface area contributed by atoms with Gasteiger partial charge in [-0.3, -0.25) is 14.8 Å². The molecule has 4 rings (SSSR count). The fraction of sp³-hybridized carbons (Fsp3) is 0. The molecule has 0 saturated heterocycles. The first kappa shape index (κ1) is 23.1.